The molecule has 1 N–H and O–H groups in total. The molecule has 1 aromatic carbocycles. The summed E-state index contributed by atoms with van der Waals surface area (Å²) in [5.74, 6) is 1.61. The fraction of sp³-hybridized carbons (Fsp3) is 0.360. The lowest BCUT2D eigenvalue weighted by atomic mass is 10.0. The van der Waals surface area contributed by atoms with Gasteiger partial charge in [-0.3, -0.25) is 9.69 Å². The molecule has 1 aliphatic rings. The van der Waals surface area contributed by atoms with E-state index in [0.29, 0.717) is 12.1 Å². The molecule has 0 spiro atoms. The number of methoxy groups -OCH3 is 1. The molecule has 6 nitrogen and oxygen atoms in total. The van der Waals surface area contributed by atoms with E-state index in [-0.39, 0.29) is 11.9 Å². The number of hydrogen-bond donors (Lipinski definition) is 1. The zero-order chi connectivity index (χ0) is 21.8. The number of hydrogen-bond acceptors (Lipinski definition) is 4. The lowest BCUT2D eigenvalue weighted by Crippen LogP contribution is -2.37. The zero-order valence-corrected chi connectivity index (χ0v) is 18.5. The highest BCUT2D eigenvalue weighted by atomic mass is 16.5. The number of nitrogens with one attached hydrogen (secondary N) is 1. The van der Waals surface area contributed by atoms with Gasteiger partial charge in [0.05, 0.1) is 18.7 Å². The first-order chi connectivity index (χ1) is 15.1. The van der Waals surface area contributed by atoms with Crippen LogP contribution in [-0.4, -0.2) is 47.1 Å². The summed E-state index contributed by atoms with van der Waals surface area (Å²) in [4.78, 5) is 20.0. The van der Waals surface area contributed by atoms with E-state index < -0.39 is 0 Å². The second kappa shape index (κ2) is 9.35. The van der Waals surface area contributed by atoms with Gasteiger partial charge in [0.1, 0.15) is 11.6 Å². The predicted molar refractivity (Wildman–Crippen MR) is 122 cm³/mol. The lowest BCUT2D eigenvalue weighted by molar-refractivity contribution is 0.0937. The highest BCUT2D eigenvalue weighted by molar-refractivity contribution is 5.95. The minimum Gasteiger partial charge on any atom is -0.497 e. The van der Waals surface area contributed by atoms with E-state index in [4.69, 9.17) is 4.74 Å². The van der Waals surface area contributed by atoms with Gasteiger partial charge in [-0.1, -0.05) is 18.2 Å². The number of pyridine rings is 1. The van der Waals surface area contributed by atoms with Crippen molar-refractivity contribution in [2.75, 3.05) is 26.7 Å². The average Bonchev–Trinajstić information content (AvgIpc) is 3.42. The molecule has 1 amide bonds. The molecule has 0 aliphatic carbocycles. The number of aromatic nitrogens is 2. The van der Waals surface area contributed by atoms with Crippen LogP contribution in [0.15, 0.2) is 54.7 Å². The van der Waals surface area contributed by atoms with Gasteiger partial charge < -0.3 is 14.6 Å². The molecule has 4 rings (SSSR count). The molecule has 0 saturated carbocycles. The predicted octanol–water partition coefficient (Wildman–Crippen LogP) is 4.06. The molecule has 1 unspecified atom stereocenters. The van der Waals surface area contributed by atoms with E-state index in [2.05, 4.69) is 27.3 Å². The monoisotopic (exact) mass is 418 g/mol. The van der Waals surface area contributed by atoms with E-state index in [1.807, 2.05) is 54.8 Å². The second-order valence-corrected chi connectivity index (χ2v) is 8.05. The Morgan fingerprint density at radius 2 is 1.94 bits per heavy atom. The Hall–Kier alpha value is -3.12. The highest BCUT2D eigenvalue weighted by Gasteiger charge is 2.25. The molecule has 1 atom stereocenters. The summed E-state index contributed by atoms with van der Waals surface area (Å²) < 4.78 is 7.44. The lowest BCUT2D eigenvalue weighted by Gasteiger charge is -2.28. The molecule has 1 saturated heterocycles. The quantitative estimate of drug-likeness (QED) is 0.629. The van der Waals surface area contributed by atoms with Crippen molar-refractivity contribution in [3.63, 3.8) is 0 Å². The van der Waals surface area contributed by atoms with Gasteiger partial charge in [-0.2, -0.15) is 0 Å². The summed E-state index contributed by atoms with van der Waals surface area (Å²) in [5.41, 5.74) is 3.74. The summed E-state index contributed by atoms with van der Waals surface area (Å²) >= 11 is 0. The number of amides is 1. The average molecular weight is 419 g/mol. The number of carbonyl (C=O) groups is 1. The molecule has 31 heavy (non-hydrogen) atoms. The molecule has 2 aromatic heterocycles. The van der Waals surface area contributed by atoms with Crippen molar-refractivity contribution in [1.82, 2.24) is 19.8 Å². The van der Waals surface area contributed by atoms with Crippen LogP contribution in [0, 0.1) is 13.8 Å². The van der Waals surface area contributed by atoms with Gasteiger partial charge in [0.2, 0.25) is 0 Å². The van der Waals surface area contributed by atoms with Crippen molar-refractivity contribution in [2.24, 2.45) is 0 Å². The SMILES string of the molecule is COc1cccc(C(CNC(=O)c2cc(C)n(-c3ccccn3)c2C)N2CCCC2)c1. The first-order valence-electron chi connectivity index (χ1n) is 10.8. The van der Waals surface area contributed by atoms with Crippen molar-refractivity contribution in [3.05, 3.63) is 77.2 Å². The van der Waals surface area contributed by atoms with Crippen molar-refractivity contribution in [3.8, 4) is 11.6 Å². The van der Waals surface area contributed by atoms with E-state index in [1.165, 1.54) is 18.4 Å². The first-order valence-corrected chi connectivity index (χ1v) is 10.8. The fourth-order valence-corrected chi connectivity index (χ4v) is 4.48. The number of nitrogens with zero attached hydrogens (tertiary/aromatic N) is 3. The van der Waals surface area contributed by atoms with Crippen molar-refractivity contribution in [1.29, 1.82) is 0 Å². The number of likely N-dealkylation sites (tertiary alicyclic amines) is 1. The van der Waals surface area contributed by atoms with Gasteiger partial charge in [-0.25, -0.2) is 4.98 Å². The van der Waals surface area contributed by atoms with E-state index >= 15 is 0 Å². The summed E-state index contributed by atoms with van der Waals surface area (Å²) in [6.07, 6.45) is 4.15. The van der Waals surface area contributed by atoms with Crippen LogP contribution in [0.2, 0.25) is 0 Å². The molecule has 0 bridgehead atoms. The van der Waals surface area contributed by atoms with Crippen LogP contribution in [-0.2, 0) is 0 Å². The third kappa shape index (κ3) is 4.49. The molecule has 3 heterocycles. The second-order valence-electron chi connectivity index (χ2n) is 8.05. The van der Waals surface area contributed by atoms with Crippen molar-refractivity contribution >= 4 is 5.91 Å². The van der Waals surface area contributed by atoms with Gasteiger partial charge in [0.15, 0.2) is 0 Å². The van der Waals surface area contributed by atoms with Crippen molar-refractivity contribution < 1.29 is 9.53 Å². The van der Waals surface area contributed by atoms with Gasteiger partial charge in [0, 0.05) is 24.1 Å². The number of aryl methyl sites for hydroxylation is 1. The molecule has 6 heteroatoms. The molecule has 162 valence electrons. The number of ether oxygens (including phenoxy) is 1. The minimum atomic E-state index is -0.0534. The van der Waals surface area contributed by atoms with Crippen molar-refractivity contribution in [2.45, 2.75) is 32.7 Å². The van der Waals surface area contributed by atoms with Crippen LogP contribution in [0.3, 0.4) is 0 Å². The number of carbonyl (C=O) groups excluding carboxylic acids is 1. The topological polar surface area (TPSA) is 59.4 Å². The zero-order valence-electron chi connectivity index (χ0n) is 18.5. The third-order valence-corrected chi connectivity index (χ3v) is 6.07. The van der Waals surface area contributed by atoms with Gasteiger partial charge >= 0.3 is 0 Å². The fourth-order valence-electron chi connectivity index (χ4n) is 4.48. The normalized spacial score (nSPS) is 15.1. The van der Waals surface area contributed by atoms with Crippen LogP contribution in [0.25, 0.3) is 5.82 Å². The van der Waals surface area contributed by atoms with Crippen LogP contribution in [0.4, 0.5) is 0 Å². The maximum atomic E-state index is 13.1. The maximum absolute atomic E-state index is 13.1. The minimum absolute atomic E-state index is 0.0534. The molecule has 1 fully saturated rings. The Morgan fingerprint density at radius 1 is 1.13 bits per heavy atom. The van der Waals surface area contributed by atoms with Gasteiger partial charge in [-0.15, -0.1) is 0 Å². The van der Waals surface area contributed by atoms with E-state index in [0.717, 1.165) is 36.0 Å². The molecule has 3 aromatic rings. The van der Waals surface area contributed by atoms with Crippen LogP contribution >= 0.6 is 0 Å². The maximum Gasteiger partial charge on any atom is 0.253 e. The summed E-state index contributed by atoms with van der Waals surface area (Å²) in [6.45, 7) is 6.62. The standard InChI is InChI=1S/C25H30N4O2/c1-18-15-22(19(2)29(18)24-11-4-5-12-26-24)25(30)27-17-23(28-13-6-7-14-28)20-9-8-10-21(16-20)31-3/h4-5,8-12,15-16,23H,6-7,13-14,17H2,1-3H3,(H,27,30). The summed E-state index contributed by atoms with van der Waals surface area (Å²) in [6, 6.07) is 16.0. The van der Waals surface area contributed by atoms with Crippen LogP contribution in [0.5, 0.6) is 5.75 Å². The Labute approximate surface area is 183 Å². The Bertz CT molecular complexity index is 1040. The highest BCUT2D eigenvalue weighted by Crippen LogP contribution is 2.27. The Kier molecular flexibility index (Phi) is 6.37. The van der Waals surface area contributed by atoms with E-state index in [1.54, 1.807) is 13.3 Å². The van der Waals surface area contributed by atoms with E-state index in [9.17, 15) is 4.79 Å². The Balaban J connectivity index is 1.54. The van der Waals surface area contributed by atoms with Gasteiger partial charge in [-0.05, 0) is 75.7 Å². The smallest absolute Gasteiger partial charge is 0.253 e. The Morgan fingerprint density at radius 3 is 2.65 bits per heavy atom. The van der Waals surface area contributed by atoms with Gasteiger partial charge in [0.25, 0.3) is 5.91 Å². The first kappa shape index (κ1) is 21.1. The number of benzene rings is 1. The largest absolute Gasteiger partial charge is 0.497 e. The van der Waals surface area contributed by atoms with Crippen LogP contribution in [0.1, 0.15) is 46.2 Å². The molecule has 0 radical (unpaired) electrons. The number of rotatable bonds is 7. The molecular formula is C25H30N4O2. The summed E-state index contributed by atoms with van der Waals surface area (Å²) in [7, 11) is 1.68. The molecular weight excluding hydrogens is 388 g/mol. The summed E-state index contributed by atoms with van der Waals surface area (Å²) in [5, 5.41) is 3.19. The molecule has 1 aliphatic heterocycles. The third-order valence-electron chi connectivity index (χ3n) is 6.07. The van der Waals surface area contributed by atoms with Crippen LogP contribution < -0.4 is 10.1 Å².